The minimum atomic E-state index is -0.268. The molecule has 1 heterocycles. The molecule has 0 aliphatic heterocycles. The van der Waals surface area contributed by atoms with E-state index in [1.807, 2.05) is 12.1 Å². The highest BCUT2D eigenvalue weighted by molar-refractivity contribution is 7.99. The number of nitriles is 3. The van der Waals surface area contributed by atoms with Crippen molar-refractivity contribution < 1.29 is 0 Å². The van der Waals surface area contributed by atoms with Crippen LogP contribution in [0.5, 0.6) is 0 Å². The van der Waals surface area contributed by atoms with Gasteiger partial charge in [-0.1, -0.05) is 23.9 Å². The quantitative estimate of drug-likeness (QED) is 0.687. The molecule has 0 aliphatic rings. The molecule has 0 radical (unpaired) electrons. The van der Waals surface area contributed by atoms with Crippen LogP contribution in [0.1, 0.15) is 5.56 Å². The first-order valence-corrected chi connectivity index (χ1v) is 6.86. The molecule has 2 aromatic rings. The zero-order valence-electron chi connectivity index (χ0n) is 11.2. The maximum atomic E-state index is 9.09. The summed E-state index contributed by atoms with van der Waals surface area (Å²) in [5.74, 6) is 0. The van der Waals surface area contributed by atoms with Crippen LogP contribution in [0.15, 0.2) is 57.6 Å². The highest BCUT2D eigenvalue weighted by Crippen LogP contribution is 2.33. The van der Waals surface area contributed by atoms with E-state index >= 15 is 0 Å². The first kappa shape index (κ1) is 15.1. The first-order valence-electron chi connectivity index (χ1n) is 6.04. The molecule has 0 atom stereocenters. The molecule has 1 aromatic carbocycles. The number of anilines is 1. The SMILES string of the molecule is N#CC(C#N)=NNc1ccccc1Sc1ncccc1C#N. The van der Waals surface area contributed by atoms with Gasteiger partial charge >= 0.3 is 0 Å². The third kappa shape index (κ3) is 3.61. The van der Waals surface area contributed by atoms with Gasteiger partial charge in [0, 0.05) is 11.1 Å². The number of para-hydroxylation sites is 1. The first-order chi connectivity index (χ1) is 10.8. The zero-order valence-corrected chi connectivity index (χ0v) is 12.0. The van der Waals surface area contributed by atoms with E-state index in [0.29, 0.717) is 16.3 Å². The van der Waals surface area contributed by atoms with Crippen LogP contribution in [-0.4, -0.2) is 10.7 Å². The minimum absolute atomic E-state index is 0.268. The van der Waals surface area contributed by atoms with Crippen LogP contribution >= 0.6 is 11.8 Å². The lowest BCUT2D eigenvalue weighted by Gasteiger charge is -2.08. The van der Waals surface area contributed by atoms with Crippen LogP contribution in [0.3, 0.4) is 0 Å². The van der Waals surface area contributed by atoms with Gasteiger partial charge in [0.15, 0.2) is 0 Å². The van der Waals surface area contributed by atoms with Gasteiger partial charge in [-0.3, -0.25) is 5.43 Å². The maximum absolute atomic E-state index is 9.09. The molecule has 0 unspecified atom stereocenters. The molecule has 6 nitrogen and oxygen atoms in total. The maximum Gasteiger partial charge on any atom is 0.237 e. The van der Waals surface area contributed by atoms with E-state index in [2.05, 4.69) is 21.6 Å². The Morgan fingerprint density at radius 3 is 2.59 bits per heavy atom. The number of benzene rings is 1. The fraction of sp³-hybridized carbons (Fsp3) is 0. The predicted molar refractivity (Wildman–Crippen MR) is 81.8 cm³/mol. The molecule has 0 fully saturated rings. The second-order valence-corrected chi connectivity index (χ2v) is 4.89. The van der Waals surface area contributed by atoms with Crippen molar-refractivity contribution in [2.45, 2.75) is 9.92 Å². The number of hydrogen-bond donors (Lipinski definition) is 1. The molecule has 0 aliphatic carbocycles. The highest BCUT2D eigenvalue weighted by atomic mass is 32.2. The molecular weight excluding hydrogens is 296 g/mol. The Hall–Kier alpha value is -3.34. The monoisotopic (exact) mass is 304 g/mol. The average Bonchev–Trinajstić information content (AvgIpc) is 2.57. The molecule has 0 saturated carbocycles. The van der Waals surface area contributed by atoms with Crippen molar-refractivity contribution in [3.63, 3.8) is 0 Å². The van der Waals surface area contributed by atoms with E-state index in [-0.39, 0.29) is 5.71 Å². The van der Waals surface area contributed by atoms with Gasteiger partial charge in [-0.15, -0.1) is 0 Å². The lowest BCUT2D eigenvalue weighted by atomic mass is 10.3. The number of nitrogens with zero attached hydrogens (tertiary/aromatic N) is 5. The minimum Gasteiger partial charge on any atom is -0.275 e. The Morgan fingerprint density at radius 2 is 1.86 bits per heavy atom. The largest absolute Gasteiger partial charge is 0.275 e. The van der Waals surface area contributed by atoms with Gasteiger partial charge in [-0.05, 0) is 24.3 Å². The number of nitrogens with one attached hydrogen (secondary N) is 1. The summed E-state index contributed by atoms with van der Waals surface area (Å²) in [6, 6.07) is 16.0. The molecule has 2 rings (SSSR count). The Balaban J connectivity index is 2.30. The van der Waals surface area contributed by atoms with Gasteiger partial charge in [0.05, 0.1) is 11.3 Å². The molecule has 0 spiro atoms. The van der Waals surface area contributed by atoms with E-state index in [4.69, 9.17) is 15.8 Å². The summed E-state index contributed by atoms with van der Waals surface area (Å²) in [6.45, 7) is 0. The van der Waals surface area contributed by atoms with Crippen molar-refractivity contribution in [3.8, 4) is 18.2 Å². The Morgan fingerprint density at radius 1 is 1.09 bits per heavy atom. The standard InChI is InChI=1S/C15H8N6S/c16-8-11-4-3-7-19-15(11)22-14-6-2-1-5-13(14)21-20-12(9-17)10-18/h1-7,21H. The Labute approximate surface area is 131 Å². The van der Waals surface area contributed by atoms with E-state index in [1.54, 1.807) is 42.6 Å². The van der Waals surface area contributed by atoms with Crippen molar-refractivity contribution in [1.82, 2.24) is 4.98 Å². The topological polar surface area (TPSA) is 109 Å². The van der Waals surface area contributed by atoms with Crippen molar-refractivity contribution in [2.24, 2.45) is 5.10 Å². The Kier molecular flexibility index (Phi) is 5.09. The van der Waals surface area contributed by atoms with Gasteiger partial charge in [0.2, 0.25) is 5.71 Å². The molecule has 0 saturated heterocycles. The third-order valence-corrected chi connectivity index (χ3v) is 3.58. The second-order valence-electron chi connectivity index (χ2n) is 3.86. The van der Waals surface area contributed by atoms with E-state index in [0.717, 1.165) is 4.90 Å². The summed E-state index contributed by atoms with van der Waals surface area (Å²) in [5, 5.41) is 30.8. The summed E-state index contributed by atoms with van der Waals surface area (Å²) in [6.07, 6.45) is 1.61. The molecule has 22 heavy (non-hydrogen) atoms. The third-order valence-electron chi connectivity index (χ3n) is 2.49. The van der Waals surface area contributed by atoms with E-state index in [1.165, 1.54) is 11.8 Å². The molecule has 1 aromatic heterocycles. The fourth-order valence-corrected chi connectivity index (χ4v) is 2.42. The smallest absolute Gasteiger partial charge is 0.237 e. The Bertz CT molecular complexity index is 822. The highest BCUT2D eigenvalue weighted by Gasteiger charge is 2.08. The number of rotatable bonds is 4. The molecule has 1 N–H and O–H groups in total. The average molecular weight is 304 g/mol. The zero-order chi connectivity index (χ0) is 15.8. The van der Waals surface area contributed by atoms with Gasteiger partial charge in [0.1, 0.15) is 23.2 Å². The van der Waals surface area contributed by atoms with Crippen molar-refractivity contribution in [2.75, 3.05) is 5.43 Å². The van der Waals surface area contributed by atoms with Gasteiger partial charge in [0.25, 0.3) is 0 Å². The number of aromatic nitrogens is 1. The fourth-order valence-electron chi connectivity index (χ4n) is 1.50. The summed E-state index contributed by atoms with van der Waals surface area (Å²) in [5.41, 5.74) is 3.50. The molecule has 0 amide bonds. The van der Waals surface area contributed by atoms with Crippen molar-refractivity contribution >= 4 is 23.2 Å². The molecule has 104 valence electrons. The summed E-state index contributed by atoms with van der Waals surface area (Å²) < 4.78 is 0. The van der Waals surface area contributed by atoms with Crippen molar-refractivity contribution in [1.29, 1.82) is 15.8 Å². The van der Waals surface area contributed by atoms with Crippen molar-refractivity contribution in [3.05, 3.63) is 48.2 Å². The molecule has 7 heteroatoms. The normalized spacial score (nSPS) is 8.95. The van der Waals surface area contributed by atoms with Crippen LogP contribution in [0.25, 0.3) is 0 Å². The lowest BCUT2D eigenvalue weighted by Crippen LogP contribution is -1.97. The lowest BCUT2D eigenvalue weighted by molar-refractivity contribution is 1.11. The van der Waals surface area contributed by atoms with Crippen LogP contribution in [-0.2, 0) is 0 Å². The number of pyridine rings is 1. The summed E-state index contributed by atoms with van der Waals surface area (Å²) in [7, 11) is 0. The van der Waals surface area contributed by atoms with E-state index in [9.17, 15) is 0 Å². The summed E-state index contributed by atoms with van der Waals surface area (Å²) >= 11 is 1.30. The van der Waals surface area contributed by atoms with Gasteiger partial charge < -0.3 is 0 Å². The van der Waals surface area contributed by atoms with Gasteiger partial charge in [-0.25, -0.2) is 4.98 Å². The van der Waals surface area contributed by atoms with Crippen LogP contribution in [0.2, 0.25) is 0 Å². The van der Waals surface area contributed by atoms with E-state index < -0.39 is 0 Å². The number of hydrazone groups is 1. The number of hydrogen-bond acceptors (Lipinski definition) is 7. The summed E-state index contributed by atoms with van der Waals surface area (Å²) in [4.78, 5) is 4.96. The van der Waals surface area contributed by atoms with Crippen LogP contribution in [0.4, 0.5) is 5.69 Å². The molecular formula is C15H8N6S. The van der Waals surface area contributed by atoms with Gasteiger partial charge in [-0.2, -0.15) is 20.9 Å². The molecule has 0 bridgehead atoms. The van der Waals surface area contributed by atoms with Crippen LogP contribution < -0.4 is 5.43 Å². The predicted octanol–water partition coefficient (Wildman–Crippen LogP) is 2.92. The van der Waals surface area contributed by atoms with Crippen LogP contribution in [0, 0.1) is 34.0 Å². The second kappa shape index (κ2) is 7.44.